The van der Waals surface area contributed by atoms with E-state index in [-0.39, 0.29) is 6.42 Å². The Morgan fingerprint density at radius 3 is 3.08 bits per heavy atom. The monoisotopic (exact) mass is 187 g/mol. The molecule has 0 aliphatic rings. The molecule has 1 heterocycles. The van der Waals surface area contributed by atoms with Gasteiger partial charge in [-0.25, -0.2) is 0 Å². The van der Waals surface area contributed by atoms with Crippen molar-refractivity contribution < 1.29 is 14.3 Å². The molecule has 0 atom stereocenters. The lowest BCUT2D eigenvalue weighted by Gasteiger charge is -1.93. The van der Waals surface area contributed by atoms with Gasteiger partial charge >= 0.3 is 5.97 Å². The Bertz CT molecular complexity index is 287. The second-order valence-corrected chi connectivity index (χ2v) is 2.59. The molecule has 0 unspecified atom stereocenters. The summed E-state index contributed by atoms with van der Waals surface area (Å²) in [7, 11) is 0. The normalized spacial score (nSPS) is 10.2. The first-order valence-electron chi connectivity index (χ1n) is 3.89. The maximum Gasteiger partial charge on any atom is 0.309 e. The highest BCUT2D eigenvalue weighted by Gasteiger charge is 2.04. The summed E-state index contributed by atoms with van der Waals surface area (Å²) < 4.78 is 13.2. The predicted molar refractivity (Wildman–Crippen MR) is 42.0 cm³/mol. The van der Waals surface area contributed by atoms with Crippen LogP contribution >= 0.6 is 0 Å². The van der Waals surface area contributed by atoms with Gasteiger partial charge in [0, 0.05) is 12.7 Å². The number of aromatic nitrogens is 3. The Labute approximate surface area is 74.2 Å². The highest BCUT2D eigenvalue weighted by molar-refractivity contribution is 5.69. The fourth-order valence-corrected chi connectivity index (χ4v) is 0.906. The molecular weight excluding hydrogens is 177 g/mol. The molecule has 0 fully saturated rings. The molecule has 0 aliphatic carbocycles. The molecule has 1 aromatic rings. The Morgan fingerprint density at radius 2 is 2.46 bits per heavy atom. The molecule has 0 saturated carbocycles. The van der Waals surface area contributed by atoms with Gasteiger partial charge in [0.2, 0.25) is 0 Å². The number of carbonyl (C=O) groups is 1. The molecule has 6 heteroatoms. The fourth-order valence-electron chi connectivity index (χ4n) is 0.906. The number of carboxylic acid groups (broad SMARTS) is 1. The second kappa shape index (κ2) is 4.54. The topological polar surface area (TPSA) is 68.0 Å². The average Bonchev–Trinajstić information content (AvgIpc) is 2.48. The minimum atomic E-state index is -0.947. The first-order valence-corrected chi connectivity index (χ1v) is 3.89. The molecule has 0 radical (unpaired) electrons. The van der Waals surface area contributed by atoms with E-state index in [1.807, 2.05) is 0 Å². The molecule has 1 aromatic heterocycles. The Hall–Kier alpha value is -1.46. The van der Waals surface area contributed by atoms with Crippen molar-refractivity contribution in [2.75, 3.05) is 6.67 Å². The van der Waals surface area contributed by atoms with E-state index in [0.29, 0.717) is 18.7 Å². The van der Waals surface area contributed by atoms with Crippen LogP contribution in [-0.2, 0) is 17.8 Å². The number of hydrogen-bond donors (Lipinski definition) is 1. The number of nitrogens with zero attached hydrogens (tertiary/aromatic N) is 3. The minimum Gasteiger partial charge on any atom is -0.481 e. The number of carboxylic acids is 1. The van der Waals surface area contributed by atoms with Crippen LogP contribution < -0.4 is 0 Å². The summed E-state index contributed by atoms with van der Waals surface area (Å²) in [6.45, 7) is 0.0250. The van der Waals surface area contributed by atoms with Crippen molar-refractivity contribution in [1.82, 2.24) is 15.0 Å². The van der Waals surface area contributed by atoms with Gasteiger partial charge in [-0.05, 0) is 6.42 Å². The van der Waals surface area contributed by atoms with E-state index >= 15 is 0 Å². The van der Waals surface area contributed by atoms with Crippen LogP contribution in [0.3, 0.4) is 0 Å². The van der Waals surface area contributed by atoms with Gasteiger partial charge in [0.05, 0.1) is 18.8 Å². The van der Waals surface area contributed by atoms with Crippen LogP contribution in [0.1, 0.15) is 12.1 Å². The molecule has 0 aromatic carbocycles. The lowest BCUT2D eigenvalue weighted by atomic mass is 10.3. The second-order valence-electron chi connectivity index (χ2n) is 2.59. The zero-order chi connectivity index (χ0) is 9.68. The van der Waals surface area contributed by atoms with Gasteiger partial charge < -0.3 is 5.11 Å². The van der Waals surface area contributed by atoms with Crippen molar-refractivity contribution in [2.24, 2.45) is 0 Å². The average molecular weight is 187 g/mol. The molecule has 72 valence electrons. The number of aryl methyl sites for hydroxylation is 1. The van der Waals surface area contributed by atoms with Gasteiger partial charge in [-0.3, -0.25) is 13.9 Å². The molecule has 0 saturated heterocycles. The number of alkyl halides is 1. The lowest BCUT2D eigenvalue weighted by molar-refractivity contribution is -0.136. The van der Waals surface area contributed by atoms with Gasteiger partial charge in [0.25, 0.3) is 0 Å². The molecular formula is C7H10FN3O2. The molecule has 1 rings (SSSR count). The van der Waals surface area contributed by atoms with Crippen LogP contribution in [0.4, 0.5) is 4.39 Å². The van der Waals surface area contributed by atoms with Gasteiger partial charge in [-0.2, -0.15) is 0 Å². The van der Waals surface area contributed by atoms with Gasteiger partial charge in [0.15, 0.2) is 0 Å². The quantitative estimate of drug-likeness (QED) is 0.718. The first kappa shape index (κ1) is 9.63. The fraction of sp³-hybridized carbons (Fsp3) is 0.571. The lowest BCUT2D eigenvalue weighted by Crippen LogP contribution is -2.00. The van der Waals surface area contributed by atoms with Crippen molar-refractivity contribution in [3.63, 3.8) is 0 Å². The highest BCUT2D eigenvalue weighted by atomic mass is 19.1. The number of halogens is 1. The van der Waals surface area contributed by atoms with Crippen LogP contribution in [0.15, 0.2) is 6.20 Å². The zero-order valence-electron chi connectivity index (χ0n) is 6.98. The summed E-state index contributed by atoms with van der Waals surface area (Å²) in [6, 6.07) is 0. The van der Waals surface area contributed by atoms with Crippen LogP contribution in [0.5, 0.6) is 0 Å². The van der Waals surface area contributed by atoms with E-state index < -0.39 is 12.6 Å². The molecule has 0 bridgehead atoms. The van der Waals surface area contributed by atoms with Crippen molar-refractivity contribution >= 4 is 5.97 Å². The summed E-state index contributed by atoms with van der Waals surface area (Å²) >= 11 is 0. The molecule has 0 spiro atoms. The summed E-state index contributed by atoms with van der Waals surface area (Å²) in [5, 5.41) is 15.7. The highest BCUT2D eigenvalue weighted by Crippen LogP contribution is 1.96. The van der Waals surface area contributed by atoms with Gasteiger partial charge in [-0.15, -0.1) is 5.10 Å². The third kappa shape index (κ3) is 3.18. The maximum atomic E-state index is 11.7. The van der Waals surface area contributed by atoms with Gasteiger partial charge in [0.1, 0.15) is 0 Å². The first-order chi connectivity index (χ1) is 6.22. The van der Waals surface area contributed by atoms with Crippen LogP contribution in [0.25, 0.3) is 0 Å². The molecule has 0 amide bonds. The van der Waals surface area contributed by atoms with Crippen molar-refractivity contribution in [2.45, 2.75) is 19.4 Å². The maximum absolute atomic E-state index is 11.7. The largest absolute Gasteiger partial charge is 0.481 e. The predicted octanol–water partition coefficient (Wildman–Crippen LogP) is 0.265. The summed E-state index contributed by atoms with van der Waals surface area (Å²) in [5.74, 6) is -0.947. The van der Waals surface area contributed by atoms with E-state index in [9.17, 15) is 9.18 Å². The van der Waals surface area contributed by atoms with Crippen molar-refractivity contribution in [3.8, 4) is 0 Å². The van der Waals surface area contributed by atoms with E-state index in [0.717, 1.165) is 0 Å². The number of aliphatic carboxylic acids is 1. The smallest absolute Gasteiger partial charge is 0.309 e. The molecule has 5 nitrogen and oxygen atoms in total. The van der Waals surface area contributed by atoms with Crippen LogP contribution in [0.2, 0.25) is 0 Å². The van der Waals surface area contributed by atoms with E-state index in [2.05, 4.69) is 10.3 Å². The molecule has 1 N–H and O–H groups in total. The van der Waals surface area contributed by atoms with Crippen molar-refractivity contribution in [3.05, 3.63) is 11.9 Å². The SMILES string of the molecule is O=C(O)Cc1cn(CCCF)nn1. The van der Waals surface area contributed by atoms with Crippen LogP contribution in [-0.4, -0.2) is 32.7 Å². The molecule has 13 heavy (non-hydrogen) atoms. The third-order valence-corrected chi connectivity index (χ3v) is 1.44. The standard InChI is InChI=1S/C7H10FN3O2/c8-2-1-3-11-5-6(9-10-11)4-7(12)13/h5H,1-4H2,(H,12,13). The van der Waals surface area contributed by atoms with E-state index in [1.165, 1.54) is 10.9 Å². The van der Waals surface area contributed by atoms with E-state index in [4.69, 9.17) is 5.11 Å². The Morgan fingerprint density at radius 1 is 1.69 bits per heavy atom. The summed E-state index contributed by atoms with van der Waals surface area (Å²) in [6.07, 6.45) is 1.75. The number of rotatable bonds is 5. The third-order valence-electron chi connectivity index (χ3n) is 1.44. The zero-order valence-corrected chi connectivity index (χ0v) is 6.98. The Kier molecular flexibility index (Phi) is 3.36. The van der Waals surface area contributed by atoms with Gasteiger partial charge in [-0.1, -0.05) is 5.21 Å². The van der Waals surface area contributed by atoms with E-state index in [1.54, 1.807) is 0 Å². The summed E-state index contributed by atoms with van der Waals surface area (Å²) in [4.78, 5) is 10.3. The Balaban J connectivity index is 2.48. The summed E-state index contributed by atoms with van der Waals surface area (Å²) in [5.41, 5.74) is 0.395. The minimum absolute atomic E-state index is 0.143. The molecule has 0 aliphatic heterocycles. The van der Waals surface area contributed by atoms with Crippen LogP contribution in [0, 0.1) is 0 Å². The van der Waals surface area contributed by atoms with Crippen molar-refractivity contribution in [1.29, 1.82) is 0 Å². The number of hydrogen-bond acceptors (Lipinski definition) is 3.